The van der Waals surface area contributed by atoms with Gasteiger partial charge in [-0.2, -0.15) is 8.78 Å². The maximum Gasteiger partial charge on any atom is 0.341 e. The lowest BCUT2D eigenvalue weighted by Crippen LogP contribution is -2.30. The van der Waals surface area contributed by atoms with Crippen LogP contribution in [0.5, 0.6) is 0 Å². The number of benzene rings is 1. The fraction of sp³-hybridized carbons (Fsp3) is 0.538. The molecule has 0 heterocycles. The second kappa shape index (κ2) is 5.45. The third kappa shape index (κ3) is 3.89. The van der Waals surface area contributed by atoms with Gasteiger partial charge in [0.05, 0.1) is 4.90 Å². The maximum atomic E-state index is 12.4. The first-order valence-electron chi connectivity index (χ1n) is 5.94. The molecule has 1 aromatic carbocycles. The normalized spacial score (nSPS) is 14.5. The zero-order valence-electron chi connectivity index (χ0n) is 11.4. The minimum Gasteiger partial charge on any atom is -0.382 e. The van der Waals surface area contributed by atoms with Crippen LogP contribution >= 0.6 is 0 Å². The van der Waals surface area contributed by atoms with Gasteiger partial charge < -0.3 is 5.32 Å². The molecule has 0 bridgehead atoms. The van der Waals surface area contributed by atoms with Crippen molar-refractivity contribution in [2.75, 3.05) is 5.32 Å². The highest BCUT2D eigenvalue weighted by Gasteiger charge is 2.26. The van der Waals surface area contributed by atoms with E-state index in [-0.39, 0.29) is 16.4 Å². The van der Waals surface area contributed by atoms with Crippen molar-refractivity contribution < 1.29 is 17.2 Å². The van der Waals surface area contributed by atoms with Crippen molar-refractivity contribution in [1.29, 1.82) is 0 Å². The summed E-state index contributed by atoms with van der Waals surface area (Å²) in [4.78, 5) is -0.364. The quantitative estimate of drug-likeness (QED) is 0.923. The Bertz CT molecular complexity index is 519. The summed E-state index contributed by atoms with van der Waals surface area (Å²) in [6.07, 6.45) is 0. The van der Waals surface area contributed by atoms with Crippen LogP contribution in [0.3, 0.4) is 0 Å². The number of rotatable bonds is 4. The molecule has 0 radical (unpaired) electrons. The van der Waals surface area contributed by atoms with Gasteiger partial charge in [-0.1, -0.05) is 20.8 Å². The number of nitrogens with one attached hydrogen (secondary N) is 1. The molecule has 0 fully saturated rings. The van der Waals surface area contributed by atoms with Gasteiger partial charge in [-0.05, 0) is 36.6 Å². The van der Waals surface area contributed by atoms with Crippen molar-refractivity contribution in [3.63, 3.8) is 0 Å². The Hall–Kier alpha value is -1.17. The SMILES string of the molecule is CC(Nc1ccc(S(=O)(=O)C(F)F)cc1)C(C)(C)C. The van der Waals surface area contributed by atoms with E-state index >= 15 is 0 Å². The summed E-state index contributed by atoms with van der Waals surface area (Å²) in [5.41, 5.74) is 0.740. The first-order valence-corrected chi connectivity index (χ1v) is 7.48. The fourth-order valence-corrected chi connectivity index (χ4v) is 2.03. The van der Waals surface area contributed by atoms with E-state index in [4.69, 9.17) is 0 Å². The van der Waals surface area contributed by atoms with Gasteiger partial charge in [0, 0.05) is 11.7 Å². The van der Waals surface area contributed by atoms with Crippen LogP contribution in [-0.4, -0.2) is 20.2 Å². The van der Waals surface area contributed by atoms with Crippen LogP contribution in [0.1, 0.15) is 27.7 Å². The van der Waals surface area contributed by atoms with Gasteiger partial charge in [0.25, 0.3) is 0 Å². The van der Waals surface area contributed by atoms with Crippen molar-refractivity contribution in [2.45, 2.75) is 44.4 Å². The molecule has 1 aromatic rings. The minimum atomic E-state index is -4.51. The summed E-state index contributed by atoms with van der Waals surface area (Å²) < 4.78 is 47.2. The highest BCUT2D eigenvalue weighted by molar-refractivity contribution is 7.91. The average molecular weight is 291 g/mol. The number of anilines is 1. The smallest absolute Gasteiger partial charge is 0.341 e. The van der Waals surface area contributed by atoms with Gasteiger partial charge in [0.2, 0.25) is 9.84 Å². The van der Waals surface area contributed by atoms with Gasteiger partial charge >= 0.3 is 5.76 Å². The lowest BCUT2D eigenvalue weighted by atomic mass is 9.88. The van der Waals surface area contributed by atoms with E-state index in [1.165, 1.54) is 24.3 Å². The Morgan fingerprint density at radius 1 is 1.11 bits per heavy atom. The zero-order valence-corrected chi connectivity index (χ0v) is 12.3. The first kappa shape index (κ1) is 15.9. The number of hydrogen-bond acceptors (Lipinski definition) is 3. The molecule has 3 nitrogen and oxygen atoms in total. The summed E-state index contributed by atoms with van der Waals surface area (Å²) in [5, 5.41) is 3.21. The Balaban J connectivity index is 2.90. The van der Waals surface area contributed by atoms with Gasteiger partial charge in [-0.25, -0.2) is 8.42 Å². The Morgan fingerprint density at radius 3 is 1.95 bits per heavy atom. The molecular formula is C13H19F2NO2S. The van der Waals surface area contributed by atoms with Crippen LogP contribution in [0.15, 0.2) is 29.2 Å². The van der Waals surface area contributed by atoms with Crippen LogP contribution in [0, 0.1) is 5.41 Å². The molecule has 108 valence electrons. The molecule has 0 aliphatic heterocycles. The van der Waals surface area contributed by atoms with Crippen LogP contribution in [0.4, 0.5) is 14.5 Å². The lowest BCUT2D eigenvalue weighted by Gasteiger charge is -2.29. The van der Waals surface area contributed by atoms with E-state index in [2.05, 4.69) is 26.1 Å². The van der Waals surface area contributed by atoms with Crippen LogP contribution in [0.25, 0.3) is 0 Å². The molecular weight excluding hydrogens is 272 g/mol. The molecule has 0 aliphatic carbocycles. The fourth-order valence-electron chi connectivity index (χ4n) is 1.31. The predicted molar refractivity (Wildman–Crippen MR) is 72.2 cm³/mol. The van der Waals surface area contributed by atoms with Crippen molar-refractivity contribution in [1.82, 2.24) is 0 Å². The van der Waals surface area contributed by atoms with Crippen LogP contribution < -0.4 is 5.32 Å². The van der Waals surface area contributed by atoms with Gasteiger partial charge in [-0.3, -0.25) is 0 Å². The monoisotopic (exact) mass is 291 g/mol. The largest absolute Gasteiger partial charge is 0.382 e. The Labute approximate surface area is 112 Å². The molecule has 1 rings (SSSR count). The van der Waals surface area contributed by atoms with Crippen molar-refractivity contribution in [3.8, 4) is 0 Å². The highest BCUT2D eigenvalue weighted by Crippen LogP contribution is 2.24. The maximum absolute atomic E-state index is 12.4. The number of sulfone groups is 1. The summed E-state index contributed by atoms with van der Waals surface area (Å²) >= 11 is 0. The molecule has 1 unspecified atom stereocenters. The van der Waals surface area contributed by atoms with E-state index in [1.807, 2.05) is 6.92 Å². The van der Waals surface area contributed by atoms with E-state index in [9.17, 15) is 17.2 Å². The Kier molecular flexibility index (Phi) is 4.55. The lowest BCUT2D eigenvalue weighted by molar-refractivity contribution is 0.234. The second-order valence-electron chi connectivity index (χ2n) is 5.56. The molecule has 1 N–H and O–H groups in total. The highest BCUT2D eigenvalue weighted by atomic mass is 32.2. The average Bonchev–Trinajstić information content (AvgIpc) is 2.28. The molecule has 6 heteroatoms. The minimum absolute atomic E-state index is 0.0354. The number of alkyl halides is 2. The molecule has 0 aliphatic rings. The summed E-state index contributed by atoms with van der Waals surface area (Å²) in [6, 6.07) is 5.54. The van der Waals surface area contributed by atoms with Crippen molar-refractivity contribution in [2.24, 2.45) is 5.41 Å². The van der Waals surface area contributed by atoms with E-state index < -0.39 is 15.6 Å². The first-order chi connectivity index (χ1) is 8.55. The topological polar surface area (TPSA) is 46.2 Å². The number of halogens is 2. The molecule has 1 atom stereocenters. The molecule has 0 amide bonds. The van der Waals surface area contributed by atoms with Crippen LogP contribution in [-0.2, 0) is 9.84 Å². The Morgan fingerprint density at radius 2 is 1.58 bits per heavy atom. The van der Waals surface area contributed by atoms with Gasteiger partial charge in [0.15, 0.2) is 0 Å². The zero-order chi connectivity index (χ0) is 14.8. The van der Waals surface area contributed by atoms with Crippen molar-refractivity contribution in [3.05, 3.63) is 24.3 Å². The third-order valence-corrected chi connectivity index (χ3v) is 4.50. The predicted octanol–water partition coefficient (Wildman–Crippen LogP) is 3.53. The van der Waals surface area contributed by atoms with E-state index in [0.29, 0.717) is 5.69 Å². The number of hydrogen-bond donors (Lipinski definition) is 1. The molecule has 19 heavy (non-hydrogen) atoms. The van der Waals surface area contributed by atoms with E-state index in [0.717, 1.165) is 0 Å². The second-order valence-corrected chi connectivity index (χ2v) is 7.48. The summed E-state index contributed by atoms with van der Waals surface area (Å²) in [6.45, 7) is 8.21. The summed E-state index contributed by atoms with van der Waals surface area (Å²) in [7, 11) is -4.51. The molecule has 0 spiro atoms. The van der Waals surface area contributed by atoms with E-state index in [1.54, 1.807) is 0 Å². The molecule has 0 saturated carbocycles. The third-order valence-electron chi connectivity index (χ3n) is 3.10. The van der Waals surface area contributed by atoms with Gasteiger partial charge in [-0.15, -0.1) is 0 Å². The molecule has 0 saturated heterocycles. The van der Waals surface area contributed by atoms with Crippen molar-refractivity contribution >= 4 is 15.5 Å². The van der Waals surface area contributed by atoms with Gasteiger partial charge in [0.1, 0.15) is 0 Å². The standard InChI is InChI=1S/C13H19F2NO2S/c1-9(13(2,3)4)16-10-5-7-11(8-6-10)19(17,18)12(14)15/h5-9,12,16H,1-4H3. The molecule has 0 aromatic heterocycles. The van der Waals surface area contributed by atoms with Crippen LogP contribution in [0.2, 0.25) is 0 Å². The summed E-state index contributed by atoms with van der Waals surface area (Å²) in [5.74, 6) is -3.39.